The zero-order valence-electron chi connectivity index (χ0n) is 15.5. The van der Waals surface area contributed by atoms with Gasteiger partial charge in [-0.1, -0.05) is 18.2 Å². The zero-order valence-corrected chi connectivity index (χ0v) is 18.6. The first-order valence-corrected chi connectivity index (χ1v) is 10.5. The molecule has 3 N–H and O–H groups in total. The molecule has 2 fully saturated rings. The Labute approximate surface area is 178 Å². The van der Waals surface area contributed by atoms with E-state index in [2.05, 4.69) is 57.8 Å². The van der Waals surface area contributed by atoms with Crippen LogP contribution in [-0.4, -0.2) is 60.4 Å². The van der Waals surface area contributed by atoms with Crippen molar-refractivity contribution in [2.24, 2.45) is 4.99 Å². The molecule has 0 bridgehead atoms. The number of nitrogens with one attached hydrogen (secondary N) is 2. The highest BCUT2D eigenvalue weighted by molar-refractivity contribution is 14.0. The molecule has 0 radical (unpaired) electrons. The van der Waals surface area contributed by atoms with E-state index >= 15 is 0 Å². The van der Waals surface area contributed by atoms with Crippen molar-refractivity contribution in [3.8, 4) is 0 Å². The van der Waals surface area contributed by atoms with Gasteiger partial charge in [0.25, 0.3) is 0 Å². The van der Waals surface area contributed by atoms with Crippen molar-refractivity contribution in [2.45, 2.75) is 37.8 Å². The van der Waals surface area contributed by atoms with Crippen molar-refractivity contribution < 1.29 is 5.11 Å². The minimum atomic E-state index is -0.621. The van der Waals surface area contributed by atoms with Crippen LogP contribution in [0.3, 0.4) is 0 Å². The molecule has 1 unspecified atom stereocenters. The average molecular weight is 490 g/mol. The monoisotopic (exact) mass is 490 g/mol. The lowest BCUT2D eigenvalue weighted by Crippen LogP contribution is -2.49. The first kappa shape index (κ1) is 21.6. The average Bonchev–Trinajstić information content (AvgIpc) is 3.08. The number of guanidine groups is 1. The Morgan fingerprint density at radius 2 is 2.04 bits per heavy atom. The van der Waals surface area contributed by atoms with Crippen molar-refractivity contribution in [1.82, 2.24) is 10.6 Å². The van der Waals surface area contributed by atoms with E-state index in [1.165, 1.54) is 5.69 Å². The fourth-order valence-electron chi connectivity index (χ4n) is 3.38. The van der Waals surface area contributed by atoms with E-state index in [0.717, 1.165) is 56.4 Å². The second kappa shape index (κ2) is 10.6. The fourth-order valence-corrected chi connectivity index (χ4v) is 4.67. The van der Waals surface area contributed by atoms with Crippen LogP contribution < -0.4 is 15.5 Å². The number of aliphatic hydroxyl groups is 1. The molecule has 26 heavy (non-hydrogen) atoms. The van der Waals surface area contributed by atoms with Gasteiger partial charge in [-0.05, 0) is 44.1 Å². The van der Waals surface area contributed by atoms with Gasteiger partial charge in [0.2, 0.25) is 0 Å². The van der Waals surface area contributed by atoms with Gasteiger partial charge in [-0.15, -0.1) is 24.0 Å². The van der Waals surface area contributed by atoms with Crippen LogP contribution in [0.4, 0.5) is 5.69 Å². The molecule has 2 aliphatic rings. The molecule has 2 aliphatic heterocycles. The third-order valence-electron chi connectivity index (χ3n) is 4.92. The largest absolute Gasteiger partial charge is 0.387 e. The van der Waals surface area contributed by atoms with E-state index in [4.69, 9.17) is 0 Å². The summed E-state index contributed by atoms with van der Waals surface area (Å²) in [6.07, 6.45) is 3.04. The van der Waals surface area contributed by atoms with Crippen molar-refractivity contribution in [3.05, 3.63) is 30.3 Å². The van der Waals surface area contributed by atoms with E-state index in [-0.39, 0.29) is 24.0 Å². The summed E-state index contributed by atoms with van der Waals surface area (Å²) in [6, 6.07) is 11.1. The van der Waals surface area contributed by atoms with Crippen LogP contribution in [0, 0.1) is 0 Å². The minimum absolute atomic E-state index is 0. The molecule has 5 nitrogen and oxygen atoms in total. The number of nitrogens with zero attached hydrogens (tertiary/aromatic N) is 2. The number of piperidine rings is 1. The van der Waals surface area contributed by atoms with Gasteiger partial charge in [0.05, 0.1) is 12.1 Å². The fraction of sp³-hybridized carbons (Fsp3) is 0.632. The van der Waals surface area contributed by atoms with Gasteiger partial charge in [-0.3, -0.25) is 4.99 Å². The highest BCUT2D eigenvalue weighted by Crippen LogP contribution is 2.27. The van der Waals surface area contributed by atoms with Crippen LogP contribution in [0.2, 0.25) is 0 Å². The molecule has 0 saturated carbocycles. The maximum absolute atomic E-state index is 10.5. The number of thioether (sulfide) groups is 1. The topological polar surface area (TPSA) is 59.9 Å². The highest BCUT2D eigenvalue weighted by atomic mass is 127. The van der Waals surface area contributed by atoms with Crippen molar-refractivity contribution >= 4 is 47.4 Å². The van der Waals surface area contributed by atoms with Crippen LogP contribution in [0.15, 0.2) is 35.3 Å². The van der Waals surface area contributed by atoms with Crippen molar-refractivity contribution in [2.75, 3.05) is 42.6 Å². The minimum Gasteiger partial charge on any atom is -0.387 e. The second-order valence-electron chi connectivity index (χ2n) is 6.96. The lowest BCUT2D eigenvalue weighted by Gasteiger charge is -2.34. The van der Waals surface area contributed by atoms with Gasteiger partial charge in [0, 0.05) is 37.1 Å². The van der Waals surface area contributed by atoms with Crippen LogP contribution in [-0.2, 0) is 0 Å². The SMILES string of the molecule is CCNC(=NCC1(O)CCSC1)NC1CCN(c2ccccc2)CC1.I. The Hall–Kier alpha value is -0.670. The molecule has 0 amide bonds. The number of benzene rings is 1. The van der Waals surface area contributed by atoms with Crippen LogP contribution in [0.5, 0.6) is 0 Å². The molecular weight excluding hydrogens is 459 g/mol. The molecular formula is C19H31IN4OS. The van der Waals surface area contributed by atoms with Gasteiger partial charge in [-0.25, -0.2) is 0 Å². The van der Waals surface area contributed by atoms with Gasteiger partial charge >= 0.3 is 0 Å². The van der Waals surface area contributed by atoms with Gasteiger partial charge in [0.1, 0.15) is 0 Å². The lowest BCUT2D eigenvalue weighted by atomic mass is 10.0. The number of hydrogen-bond acceptors (Lipinski definition) is 4. The smallest absolute Gasteiger partial charge is 0.191 e. The Kier molecular flexibility index (Phi) is 8.83. The number of rotatable bonds is 5. The molecule has 1 aromatic carbocycles. The molecule has 0 spiro atoms. The standard InChI is InChI=1S/C19H30N4OS.HI/c1-2-20-18(21-14-19(24)10-13-25-15-19)22-16-8-11-23(12-9-16)17-6-4-3-5-7-17;/h3-7,16,24H,2,8-15H2,1H3,(H2,20,21,22);1H. The summed E-state index contributed by atoms with van der Waals surface area (Å²) in [5, 5.41) is 17.4. The van der Waals surface area contributed by atoms with Crippen molar-refractivity contribution in [3.63, 3.8) is 0 Å². The van der Waals surface area contributed by atoms with E-state index in [1.807, 2.05) is 11.8 Å². The Balaban J connectivity index is 0.00000243. The predicted octanol–water partition coefficient (Wildman–Crippen LogP) is 2.70. The summed E-state index contributed by atoms with van der Waals surface area (Å²) in [7, 11) is 0. The molecule has 2 heterocycles. The summed E-state index contributed by atoms with van der Waals surface area (Å²) < 4.78 is 0. The summed E-state index contributed by atoms with van der Waals surface area (Å²) >= 11 is 1.81. The molecule has 2 saturated heterocycles. The molecule has 7 heteroatoms. The molecule has 0 aliphatic carbocycles. The Bertz CT molecular complexity index is 558. The maximum atomic E-state index is 10.5. The number of hydrogen-bond donors (Lipinski definition) is 3. The van der Waals surface area contributed by atoms with Crippen LogP contribution >= 0.6 is 35.7 Å². The third-order valence-corrected chi connectivity index (χ3v) is 6.15. The van der Waals surface area contributed by atoms with E-state index in [1.54, 1.807) is 0 Å². The molecule has 1 aromatic rings. The summed E-state index contributed by atoms with van der Waals surface area (Å²) in [5.41, 5.74) is 0.687. The number of anilines is 1. The first-order valence-electron chi connectivity index (χ1n) is 9.33. The Morgan fingerprint density at radius 1 is 1.31 bits per heavy atom. The normalized spacial score (nSPS) is 24.2. The van der Waals surface area contributed by atoms with E-state index in [0.29, 0.717) is 12.6 Å². The summed E-state index contributed by atoms with van der Waals surface area (Å²) in [6.45, 7) is 5.51. The second-order valence-corrected chi connectivity index (χ2v) is 8.07. The van der Waals surface area contributed by atoms with E-state index in [9.17, 15) is 5.11 Å². The lowest BCUT2D eigenvalue weighted by molar-refractivity contribution is 0.0778. The highest BCUT2D eigenvalue weighted by Gasteiger charge is 2.31. The first-order chi connectivity index (χ1) is 12.2. The Morgan fingerprint density at radius 3 is 2.65 bits per heavy atom. The van der Waals surface area contributed by atoms with Crippen LogP contribution in [0.25, 0.3) is 0 Å². The number of halogens is 1. The summed E-state index contributed by atoms with van der Waals surface area (Å²) in [4.78, 5) is 7.10. The van der Waals surface area contributed by atoms with E-state index < -0.39 is 5.60 Å². The molecule has 3 rings (SSSR count). The number of para-hydroxylation sites is 1. The maximum Gasteiger partial charge on any atom is 0.191 e. The number of aliphatic imine (C=N–C) groups is 1. The zero-order chi connectivity index (χ0) is 17.5. The quantitative estimate of drug-likeness (QED) is 0.337. The molecule has 1 atom stereocenters. The summed E-state index contributed by atoms with van der Waals surface area (Å²) in [5.74, 6) is 2.67. The molecule has 0 aromatic heterocycles. The van der Waals surface area contributed by atoms with Gasteiger partial charge < -0.3 is 20.6 Å². The third kappa shape index (κ3) is 6.20. The van der Waals surface area contributed by atoms with Crippen molar-refractivity contribution in [1.29, 1.82) is 0 Å². The van der Waals surface area contributed by atoms with Gasteiger partial charge in [-0.2, -0.15) is 11.8 Å². The van der Waals surface area contributed by atoms with Crippen LogP contribution in [0.1, 0.15) is 26.2 Å². The van der Waals surface area contributed by atoms with Gasteiger partial charge in [0.15, 0.2) is 5.96 Å². The molecule has 146 valence electrons. The predicted molar refractivity (Wildman–Crippen MR) is 123 cm³/mol.